The van der Waals surface area contributed by atoms with E-state index in [1.807, 2.05) is 18.2 Å². The van der Waals surface area contributed by atoms with Crippen molar-refractivity contribution in [2.75, 3.05) is 30.2 Å². The number of nitrogens with one attached hydrogen (secondary N) is 3. The molecule has 0 saturated heterocycles. The van der Waals surface area contributed by atoms with Gasteiger partial charge in [0.05, 0.1) is 32.0 Å². The van der Waals surface area contributed by atoms with Crippen LogP contribution in [0.1, 0.15) is 5.69 Å². The fourth-order valence-corrected chi connectivity index (χ4v) is 3.20. The molecule has 0 unspecified atom stereocenters. The number of nitrogens with zero attached hydrogens (tertiary/aromatic N) is 1. The molecule has 9 heteroatoms. The van der Waals surface area contributed by atoms with Gasteiger partial charge in [0.25, 0.3) is 0 Å². The molecule has 0 bridgehead atoms. The Bertz CT molecular complexity index is 991. The molecule has 150 valence electrons. The maximum Gasteiger partial charge on any atom is 0.325 e. The largest absolute Gasteiger partial charge is 0.497 e. The maximum absolute atomic E-state index is 12.4. The molecule has 3 amide bonds. The normalized spacial score (nSPS) is 10.1. The first-order chi connectivity index (χ1) is 14.1. The zero-order valence-corrected chi connectivity index (χ0v) is 16.7. The summed E-state index contributed by atoms with van der Waals surface area (Å²) < 4.78 is 10.4. The molecule has 0 saturated carbocycles. The van der Waals surface area contributed by atoms with Gasteiger partial charge in [0.2, 0.25) is 5.91 Å². The predicted octanol–water partition coefficient (Wildman–Crippen LogP) is 3.99. The summed E-state index contributed by atoms with van der Waals surface area (Å²) in [6.07, 6.45) is 0.0544. The lowest BCUT2D eigenvalue weighted by molar-refractivity contribution is -0.115. The van der Waals surface area contributed by atoms with Crippen LogP contribution in [0.15, 0.2) is 53.9 Å². The predicted molar refractivity (Wildman–Crippen MR) is 113 cm³/mol. The van der Waals surface area contributed by atoms with Crippen LogP contribution in [-0.2, 0) is 11.2 Å². The minimum Gasteiger partial charge on any atom is -0.497 e. The van der Waals surface area contributed by atoms with Crippen LogP contribution < -0.4 is 25.4 Å². The summed E-state index contributed by atoms with van der Waals surface area (Å²) in [7, 11) is 3.07. The van der Waals surface area contributed by atoms with Gasteiger partial charge in [-0.15, -0.1) is 11.3 Å². The average molecular weight is 412 g/mol. The summed E-state index contributed by atoms with van der Waals surface area (Å²) in [5, 5.41) is 10.3. The fraction of sp³-hybridized carbons (Fsp3) is 0.150. The van der Waals surface area contributed by atoms with Crippen molar-refractivity contribution in [3.05, 3.63) is 59.6 Å². The van der Waals surface area contributed by atoms with E-state index < -0.39 is 6.03 Å². The molecule has 0 atom stereocenters. The van der Waals surface area contributed by atoms with Crippen molar-refractivity contribution in [3.8, 4) is 11.5 Å². The van der Waals surface area contributed by atoms with Crippen molar-refractivity contribution in [2.45, 2.75) is 6.42 Å². The highest BCUT2D eigenvalue weighted by atomic mass is 32.1. The Morgan fingerprint density at radius 2 is 1.79 bits per heavy atom. The van der Waals surface area contributed by atoms with Gasteiger partial charge in [-0.2, -0.15) is 0 Å². The summed E-state index contributed by atoms with van der Waals surface area (Å²) >= 11 is 1.24. The Kier molecular flexibility index (Phi) is 6.64. The molecule has 3 aromatic rings. The fourth-order valence-electron chi connectivity index (χ4n) is 2.50. The van der Waals surface area contributed by atoms with Gasteiger partial charge in [0, 0.05) is 17.1 Å². The second-order valence-electron chi connectivity index (χ2n) is 5.88. The van der Waals surface area contributed by atoms with Gasteiger partial charge in [-0.1, -0.05) is 18.2 Å². The van der Waals surface area contributed by atoms with Crippen molar-refractivity contribution >= 4 is 39.8 Å². The lowest BCUT2D eigenvalue weighted by Crippen LogP contribution is -2.19. The number of para-hydroxylation sites is 1. The lowest BCUT2D eigenvalue weighted by atomic mass is 10.2. The molecule has 1 aromatic heterocycles. The van der Waals surface area contributed by atoms with Crippen LogP contribution in [0, 0.1) is 0 Å². The molecule has 0 aliphatic carbocycles. The third kappa shape index (κ3) is 5.69. The minimum absolute atomic E-state index is 0.0544. The van der Waals surface area contributed by atoms with E-state index in [2.05, 4.69) is 20.9 Å². The summed E-state index contributed by atoms with van der Waals surface area (Å²) in [4.78, 5) is 28.7. The van der Waals surface area contributed by atoms with Crippen LogP contribution in [0.3, 0.4) is 0 Å². The van der Waals surface area contributed by atoms with Gasteiger partial charge in [-0.05, 0) is 24.3 Å². The Balaban J connectivity index is 1.57. The van der Waals surface area contributed by atoms with Crippen LogP contribution in [0.2, 0.25) is 0 Å². The summed E-state index contributed by atoms with van der Waals surface area (Å²) in [6.45, 7) is 0. The second-order valence-corrected chi connectivity index (χ2v) is 6.74. The van der Waals surface area contributed by atoms with Crippen LogP contribution in [0.5, 0.6) is 11.5 Å². The van der Waals surface area contributed by atoms with Crippen LogP contribution >= 0.6 is 11.3 Å². The number of aromatic nitrogens is 1. The first-order valence-corrected chi connectivity index (χ1v) is 9.54. The molecule has 0 radical (unpaired) electrons. The van der Waals surface area contributed by atoms with E-state index in [0.29, 0.717) is 33.7 Å². The monoisotopic (exact) mass is 412 g/mol. The van der Waals surface area contributed by atoms with Crippen LogP contribution in [0.25, 0.3) is 0 Å². The minimum atomic E-state index is -0.400. The first-order valence-electron chi connectivity index (χ1n) is 8.66. The Morgan fingerprint density at radius 3 is 2.52 bits per heavy atom. The average Bonchev–Trinajstić information content (AvgIpc) is 3.14. The van der Waals surface area contributed by atoms with Crippen molar-refractivity contribution in [3.63, 3.8) is 0 Å². The number of ether oxygens (including phenoxy) is 2. The molecular weight excluding hydrogens is 392 g/mol. The van der Waals surface area contributed by atoms with E-state index in [0.717, 1.165) is 0 Å². The number of carbonyl (C=O) groups excluding carboxylic acids is 2. The van der Waals surface area contributed by atoms with Gasteiger partial charge in [-0.3, -0.25) is 10.1 Å². The zero-order chi connectivity index (χ0) is 20.6. The highest BCUT2D eigenvalue weighted by Gasteiger charge is 2.13. The van der Waals surface area contributed by atoms with Crippen LogP contribution in [0.4, 0.5) is 21.3 Å². The summed E-state index contributed by atoms with van der Waals surface area (Å²) in [6, 6.07) is 13.8. The standard InChI is InChI=1S/C20H20N4O4S/c1-27-15-8-9-17(28-2)16(11-15)23-18(25)10-14-12-29-20(22-14)24-19(26)21-13-6-4-3-5-7-13/h3-9,11-12H,10H2,1-2H3,(H,23,25)(H2,21,22,24,26). The number of urea groups is 1. The van der Waals surface area contributed by atoms with Crippen molar-refractivity contribution in [1.29, 1.82) is 0 Å². The van der Waals surface area contributed by atoms with E-state index in [9.17, 15) is 9.59 Å². The van der Waals surface area contributed by atoms with Crippen molar-refractivity contribution in [2.24, 2.45) is 0 Å². The van der Waals surface area contributed by atoms with Gasteiger partial charge in [0.15, 0.2) is 5.13 Å². The molecule has 1 heterocycles. The quantitative estimate of drug-likeness (QED) is 0.545. The van der Waals surface area contributed by atoms with Crippen molar-refractivity contribution < 1.29 is 19.1 Å². The lowest BCUT2D eigenvalue weighted by Gasteiger charge is -2.11. The molecule has 0 aliphatic rings. The number of rotatable bonds is 7. The summed E-state index contributed by atoms with van der Waals surface area (Å²) in [5.74, 6) is 0.866. The maximum atomic E-state index is 12.4. The van der Waals surface area contributed by atoms with Gasteiger partial charge in [0.1, 0.15) is 11.5 Å². The molecule has 29 heavy (non-hydrogen) atoms. The molecule has 2 aromatic carbocycles. The third-order valence-electron chi connectivity index (χ3n) is 3.83. The van der Waals surface area contributed by atoms with E-state index in [1.165, 1.54) is 18.4 Å². The van der Waals surface area contributed by atoms with Crippen molar-refractivity contribution in [1.82, 2.24) is 4.98 Å². The highest BCUT2D eigenvalue weighted by Crippen LogP contribution is 2.29. The molecule has 0 spiro atoms. The number of hydrogen-bond acceptors (Lipinski definition) is 6. The smallest absolute Gasteiger partial charge is 0.325 e. The van der Waals surface area contributed by atoms with Gasteiger partial charge >= 0.3 is 6.03 Å². The van der Waals surface area contributed by atoms with E-state index in [4.69, 9.17) is 9.47 Å². The number of anilines is 3. The van der Waals surface area contributed by atoms with E-state index in [-0.39, 0.29) is 12.3 Å². The topological polar surface area (TPSA) is 102 Å². The molecule has 0 fully saturated rings. The molecule has 8 nitrogen and oxygen atoms in total. The number of carbonyl (C=O) groups is 2. The molecule has 3 N–H and O–H groups in total. The number of amides is 3. The molecular formula is C20H20N4O4S. The zero-order valence-electron chi connectivity index (χ0n) is 15.9. The van der Waals surface area contributed by atoms with E-state index >= 15 is 0 Å². The molecule has 0 aliphatic heterocycles. The summed E-state index contributed by atoms with van der Waals surface area (Å²) in [5.41, 5.74) is 1.73. The Labute approximate surface area is 171 Å². The Morgan fingerprint density at radius 1 is 1.00 bits per heavy atom. The number of hydrogen-bond donors (Lipinski definition) is 3. The Hall–Kier alpha value is -3.59. The SMILES string of the molecule is COc1ccc(OC)c(NC(=O)Cc2csc(NC(=O)Nc3ccccc3)n2)c1. The third-order valence-corrected chi connectivity index (χ3v) is 4.63. The van der Waals surface area contributed by atoms with E-state index in [1.54, 1.807) is 42.8 Å². The first kappa shape index (κ1) is 20.2. The second kappa shape index (κ2) is 9.56. The van der Waals surface area contributed by atoms with Gasteiger partial charge < -0.3 is 20.1 Å². The number of benzene rings is 2. The van der Waals surface area contributed by atoms with Crippen LogP contribution in [-0.4, -0.2) is 31.1 Å². The highest BCUT2D eigenvalue weighted by molar-refractivity contribution is 7.14. The number of methoxy groups -OCH3 is 2. The van der Waals surface area contributed by atoms with Gasteiger partial charge in [-0.25, -0.2) is 9.78 Å². The molecule has 3 rings (SSSR count). The number of thiazole rings is 1.